The molecule has 1 aromatic heterocycles. The van der Waals surface area contributed by atoms with Crippen molar-refractivity contribution in [3.63, 3.8) is 0 Å². The van der Waals surface area contributed by atoms with Crippen LogP contribution in [0, 0.1) is 5.92 Å². The van der Waals surface area contributed by atoms with Crippen molar-refractivity contribution in [1.29, 1.82) is 0 Å². The van der Waals surface area contributed by atoms with Crippen molar-refractivity contribution in [2.75, 3.05) is 6.54 Å². The summed E-state index contributed by atoms with van der Waals surface area (Å²) >= 11 is 5.15. The van der Waals surface area contributed by atoms with Crippen LogP contribution in [0.15, 0.2) is 34.1 Å². The van der Waals surface area contributed by atoms with Gasteiger partial charge in [0.15, 0.2) is 0 Å². The highest BCUT2D eigenvalue weighted by Crippen LogP contribution is 2.24. The van der Waals surface area contributed by atoms with Crippen molar-refractivity contribution in [3.8, 4) is 11.3 Å². The molecule has 0 radical (unpaired) electrons. The second kappa shape index (κ2) is 5.76. The Morgan fingerprint density at radius 1 is 1.35 bits per heavy atom. The molecule has 0 fully saturated rings. The quantitative estimate of drug-likeness (QED) is 0.935. The number of hydrogen-bond acceptors (Lipinski definition) is 3. The molecule has 1 heterocycles. The molecule has 2 N–H and O–H groups in total. The lowest BCUT2D eigenvalue weighted by molar-refractivity contribution is 0.591. The molecule has 1 atom stereocenters. The fourth-order valence-corrected chi connectivity index (χ4v) is 2.77. The van der Waals surface area contributed by atoms with Crippen LogP contribution in [-0.4, -0.2) is 11.5 Å². The third-order valence-corrected chi connectivity index (χ3v) is 4.02. The molecule has 2 nitrogen and oxygen atoms in total. The lowest BCUT2D eigenvalue weighted by Gasteiger charge is -2.03. The summed E-state index contributed by atoms with van der Waals surface area (Å²) in [6.45, 7) is 2.87. The SMILES string of the molecule is CC(CN)Cc1nc(-c2ccc(Br)cc2)cs1. The van der Waals surface area contributed by atoms with Crippen LogP contribution >= 0.6 is 27.3 Å². The fourth-order valence-electron chi connectivity index (χ4n) is 1.54. The normalized spacial score (nSPS) is 12.6. The van der Waals surface area contributed by atoms with Gasteiger partial charge in [0.25, 0.3) is 0 Å². The van der Waals surface area contributed by atoms with Crippen LogP contribution in [0.2, 0.25) is 0 Å². The van der Waals surface area contributed by atoms with Gasteiger partial charge in [0, 0.05) is 21.8 Å². The average molecular weight is 311 g/mol. The Kier molecular flexibility index (Phi) is 4.31. The molecule has 0 aliphatic rings. The van der Waals surface area contributed by atoms with E-state index in [-0.39, 0.29) is 0 Å². The third-order valence-electron chi connectivity index (χ3n) is 2.62. The summed E-state index contributed by atoms with van der Waals surface area (Å²) in [6.07, 6.45) is 0.970. The molecular formula is C13H15BrN2S. The van der Waals surface area contributed by atoms with Crippen molar-refractivity contribution in [2.45, 2.75) is 13.3 Å². The van der Waals surface area contributed by atoms with Gasteiger partial charge in [0.2, 0.25) is 0 Å². The predicted octanol–water partition coefficient (Wildman–Crippen LogP) is 3.71. The summed E-state index contributed by atoms with van der Waals surface area (Å²) in [6, 6.07) is 8.23. The molecule has 0 bridgehead atoms. The first-order valence-electron chi connectivity index (χ1n) is 5.59. The van der Waals surface area contributed by atoms with E-state index in [0.717, 1.165) is 22.2 Å². The third kappa shape index (κ3) is 3.37. The van der Waals surface area contributed by atoms with E-state index >= 15 is 0 Å². The van der Waals surface area contributed by atoms with Crippen molar-refractivity contribution >= 4 is 27.3 Å². The van der Waals surface area contributed by atoms with Crippen molar-refractivity contribution in [1.82, 2.24) is 4.98 Å². The second-order valence-electron chi connectivity index (χ2n) is 4.18. The molecule has 17 heavy (non-hydrogen) atoms. The van der Waals surface area contributed by atoms with Crippen LogP contribution < -0.4 is 5.73 Å². The maximum Gasteiger partial charge on any atom is 0.0935 e. The van der Waals surface area contributed by atoms with Gasteiger partial charge in [-0.2, -0.15) is 0 Å². The topological polar surface area (TPSA) is 38.9 Å². The molecule has 2 aromatic rings. The van der Waals surface area contributed by atoms with Gasteiger partial charge in [-0.15, -0.1) is 11.3 Å². The molecule has 0 aliphatic carbocycles. The number of thiazole rings is 1. The number of nitrogens with zero attached hydrogens (tertiary/aromatic N) is 1. The molecule has 0 amide bonds. The van der Waals surface area contributed by atoms with E-state index in [1.165, 1.54) is 5.01 Å². The minimum absolute atomic E-state index is 0.499. The summed E-state index contributed by atoms with van der Waals surface area (Å²) in [5.41, 5.74) is 7.85. The highest BCUT2D eigenvalue weighted by Gasteiger charge is 2.07. The maximum absolute atomic E-state index is 5.63. The first-order valence-corrected chi connectivity index (χ1v) is 7.26. The Labute approximate surface area is 114 Å². The number of nitrogens with two attached hydrogens (primary N) is 1. The van der Waals surface area contributed by atoms with Crippen LogP contribution in [0.4, 0.5) is 0 Å². The zero-order valence-electron chi connectivity index (χ0n) is 9.69. The lowest BCUT2D eigenvalue weighted by Crippen LogP contribution is -2.12. The Morgan fingerprint density at radius 2 is 2.06 bits per heavy atom. The monoisotopic (exact) mass is 310 g/mol. The molecule has 0 spiro atoms. The molecular weight excluding hydrogens is 296 g/mol. The molecule has 90 valence electrons. The zero-order valence-corrected chi connectivity index (χ0v) is 12.1. The summed E-state index contributed by atoms with van der Waals surface area (Å²) in [5.74, 6) is 0.499. The van der Waals surface area contributed by atoms with Crippen molar-refractivity contribution < 1.29 is 0 Å². The van der Waals surface area contributed by atoms with Gasteiger partial charge < -0.3 is 5.73 Å². The molecule has 1 aromatic carbocycles. The van der Waals surface area contributed by atoms with Crippen LogP contribution in [0.3, 0.4) is 0 Å². The standard InChI is InChI=1S/C13H15BrN2S/c1-9(7-15)6-13-16-12(8-17-13)10-2-4-11(14)5-3-10/h2-5,8-9H,6-7,15H2,1H3. The maximum atomic E-state index is 5.63. The first kappa shape index (κ1) is 12.7. The van der Waals surface area contributed by atoms with Crippen LogP contribution in [0.1, 0.15) is 11.9 Å². The number of rotatable bonds is 4. The summed E-state index contributed by atoms with van der Waals surface area (Å²) in [4.78, 5) is 4.65. The van der Waals surface area contributed by atoms with Gasteiger partial charge in [-0.1, -0.05) is 35.0 Å². The van der Waals surface area contributed by atoms with E-state index < -0.39 is 0 Å². The second-order valence-corrected chi connectivity index (χ2v) is 6.04. The van der Waals surface area contributed by atoms with Gasteiger partial charge in [-0.3, -0.25) is 0 Å². The Balaban J connectivity index is 2.15. The minimum atomic E-state index is 0.499. The Morgan fingerprint density at radius 3 is 2.71 bits per heavy atom. The zero-order chi connectivity index (χ0) is 12.3. The lowest BCUT2D eigenvalue weighted by atomic mass is 10.1. The largest absolute Gasteiger partial charge is 0.330 e. The number of benzene rings is 1. The summed E-state index contributed by atoms with van der Waals surface area (Å²) in [5, 5.41) is 3.28. The molecule has 0 saturated heterocycles. The van der Waals surface area contributed by atoms with Crippen LogP contribution in [-0.2, 0) is 6.42 Å². The average Bonchev–Trinajstić information content (AvgIpc) is 2.78. The molecule has 4 heteroatoms. The molecule has 0 aliphatic heterocycles. The van der Waals surface area contributed by atoms with E-state index in [4.69, 9.17) is 5.73 Å². The molecule has 1 unspecified atom stereocenters. The van der Waals surface area contributed by atoms with E-state index in [0.29, 0.717) is 12.5 Å². The molecule has 2 rings (SSSR count). The van der Waals surface area contributed by atoms with E-state index in [1.807, 2.05) is 12.1 Å². The van der Waals surface area contributed by atoms with Crippen LogP contribution in [0.5, 0.6) is 0 Å². The Hall–Kier alpha value is -0.710. The minimum Gasteiger partial charge on any atom is -0.330 e. The van der Waals surface area contributed by atoms with Gasteiger partial charge in [-0.05, 0) is 24.6 Å². The number of halogens is 1. The highest BCUT2D eigenvalue weighted by molar-refractivity contribution is 9.10. The van der Waals surface area contributed by atoms with Gasteiger partial charge in [0.1, 0.15) is 0 Å². The van der Waals surface area contributed by atoms with E-state index in [2.05, 4.69) is 45.4 Å². The number of hydrogen-bond donors (Lipinski definition) is 1. The smallest absolute Gasteiger partial charge is 0.0935 e. The van der Waals surface area contributed by atoms with Gasteiger partial charge in [-0.25, -0.2) is 4.98 Å². The number of aromatic nitrogens is 1. The van der Waals surface area contributed by atoms with Crippen molar-refractivity contribution in [3.05, 3.63) is 39.1 Å². The first-order chi connectivity index (χ1) is 8.19. The van der Waals surface area contributed by atoms with Gasteiger partial charge in [0.05, 0.1) is 10.7 Å². The highest BCUT2D eigenvalue weighted by atomic mass is 79.9. The van der Waals surface area contributed by atoms with Gasteiger partial charge >= 0.3 is 0 Å². The fraction of sp³-hybridized carbons (Fsp3) is 0.308. The summed E-state index contributed by atoms with van der Waals surface area (Å²) < 4.78 is 1.09. The predicted molar refractivity (Wildman–Crippen MR) is 77.2 cm³/mol. The van der Waals surface area contributed by atoms with Crippen LogP contribution in [0.25, 0.3) is 11.3 Å². The Bertz CT molecular complexity index is 478. The van der Waals surface area contributed by atoms with Crippen molar-refractivity contribution in [2.24, 2.45) is 11.7 Å². The van der Waals surface area contributed by atoms with E-state index in [1.54, 1.807) is 11.3 Å². The summed E-state index contributed by atoms with van der Waals surface area (Å²) in [7, 11) is 0. The molecule has 0 saturated carbocycles. The van der Waals surface area contributed by atoms with E-state index in [9.17, 15) is 0 Å².